The topological polar surface area (TPSA) is 84.7 Å². The number of nitrogens with zero attached hydrogens (tertiary/aromatic N) is 1. The number of hydrogen-bond acceptors (Lipinski definition) is 4. The molecular weight excluding hydrogens is 414 g/mol. The maximum absolute atomic E-state index is 12.5. The molecule has 1 unspecified atom stereocenters. The summed E-state index contributed by atoms with van der Waals surface area (Å²) in [7, 11) is 0. The molecule has 0 bridgehead atoms. The summed E-state index contributed by atoms with van der Waals surface area (Å²) < 4.78 is 5.76. The van der Waals surface area contributed by atoms with Crippen LogP contribution in [0.25, 0.3) is 0 Å². The predicted molar refractivity (Wildman–Crippen MR) is 123 cm³/mol. The lowest BCUT2D eigenvalue weighted by molar-refractivity contribution is -0.123. The first kappa shape index (κ1) is 23.1. The van der Waals surface area contributed by atoms with E-state index in [0.29, 0.717) is 37.6 Å². The Hall–Kier alpha value is -2.57. The molecule has 31 heavy (non-hydrogen) atoms. The van der Waals surface area contributed by atoms with E-state index in [4.69, 9.17) is 22.1 Å². The van der Waals surface area contributed by atoms with Gasteiger partial charge in [0.15, 0.2) is 0 Å². The van der Waals surface area contributed by atoms with Gasteiger partial charge < -0.3 is 15.8 Å². The number of carbonyl (C=O) groups is 2. The van der Waals surface area contributed by atoms with E-state index in [1.165, 1.54) is 0 Å². The van der Waals surface area contributed by atoms with Crippen molar-refractivity contribution in [3.63, 3.8) is 0 Å². The molecule has 166 valence electrons. The van der Waals surface area contributed by atoms with E-state index >= 15 is 0 Å². The molecule has 1 aliphatic heterocycles. The van der Waals surface area contributed by atoms with Crippen LogP contribution in [0.3, 0.4) is 0 Å². The van der Waals surface area contributed by atoms with Gasteiger partial charge in [0, 0.05) is 30.2 Å². The minimum atomic E-state index is -0.234. The van der Waals surface area contributed by atoms with Gasteiger partial charge in [-0.05, 0) is 68.1 Å². The highest BCUT2D eigenvalue weighted by molar-refractivity contribution is 6.30. The number of halogens is 1. The summed E-state index contributed by atoms with van der Waals surface area (Å²) >= 11 is 5.96. The largest absolute Gasteiger partial charge is 0.493 e. The summed E-state index contributed by atoms with van der Waals surface area (Å²) in [5, 5.41) is 3.70. The van der Waals surface area contributed by atoms with E-state index in [2.05, 4.69) is 10.2 Å². The van der Waals surface area contributed by atoms with E-state index < -0.39 is 0 Å². The molecular formula is C24H30ClN3O3. The normalized spacial score (nSPS) is 16.6. The Morgan fingerprint density at radius 2 is 2.06 bits per heavy atom. The number of nitrogens with one attached hydrogen (secondary N) is 1. The summed E-state index contributed by atoms with van der Waals surface area (Å²) in [6.45, 7) is 4.67. The number of piperidine rings is 1. The molecule has 1 atom stereocenters. The Bertz CT molecular complexity index is 919. The molecule has 0 spiro atoms. The third kappa shape index (κ3) is 6.97. The summed E-state index contributed by atoms with van der Waals surface area (Å²) in [4.78, 5) is 26.2. The molecule has 0 radical (unpaired) electrons. The number of likely N-dealkylation sites (tertiary alicyclic amines) is 1. The quantitative estimate of drug-likeness (QED) is 0.570. The van der Waals surface area contributed by atoms with Crippen molar-refractivity contribution in [1.82, 2.24) is 4.90 Å². The number of amides is 2. The van der Waals surface area contributed by atoms with Crippen molar-refractivity contribution >= 4 is 29.1 Å². The van der Waals surface area contributed by atoms with Gasteiger partial charge in [0.05, 0.1) is 12.5 Å². The fourth-order valence-electron chi connectivity index (χ4n) is 3.85. The standard InChI is InChI=1S/C24H30ClN3O3/c1-17-14-20(25)10-11-22(17)31-13-5-9-23(29)27-21-8-3-2-6-18(21)15-28-12-4-7-19(16-28)24(26)30/h2-3,6,8,10-11,14,19H,4-5,7,9,12-13,15-16H2,1H3,(H2,26,30)(H,27,29). The molecule has 1 heterocycles. The number of aryl methyl sites for hydroxylation is 1. The second kappa shape index (κ2) is 11.2. The molecule has 2 aromatic rings. The first-order chi connectivity index (χ1) is 14.9. The van der Waals surface area contributed by atoms with Gasteiger partial charge in [0.25, 0.3) is 0 Å². The smallest absolute Gasteiger partial charge is 0.224 e. The lowest BCUT2D eigenvalue weighted by Gasteiger charge is -2.31. The number of nitrogens with two attached hydrogens (primary N) is 1. The van der Waals surface area contributed by atoms with Crippen LogP contribution < -0.4 is 15.8 Å². The highest BCUT2D eigenvalue weighted by atomic mass is 35.5. The number of benzene rings is 2. The van der Waals surface area contributed by atoms with E-state index in [-0.39, 0.29) is 17.7 Å². The van der Waals surface area contributed by atoms with Gasteiger partial charge in [-0.25, -0.2) is 0 Å². The highest BCUT2D eigenvalue weighted by Gasteiger charge is 2.24. The number of hydrogen-bond donors (Lipinski definition) is 2. The molecule has 0 aromatic heterocycles. The fraction of sp³-hybridized carbons (Fsp3) is 0.417. The minimum Gasteiger partial charge on any atom is -0.493 e. The average Bonchev–Trinajstić information content (AvgIpc) is 2.74. The summed E-state index contributed by atoms with van der Waals surface area (Å²) in [5.74, 6) is 0.408. The van der Waals surface area contributed by atoms with Crippen LogP contribution >= 0.6 is 11.6 Å². The molecule has 1 fully saturated rings. The predicted octanol–water partition coefficient (Wildman–Crippen LogP) is 4.14. The SMILES string of the molecule is Cc1cc(Cl)ccc1OCCCC(=O)Nc1ccccc1CN1CCCC(C(N)=O)C1. The van der Waals surface area contributed by atoms with Crippen molar-refractivity contribution in [3.8, 4) is 5.75 Å². The maximum atomic E-state index is 12.5. The fourth-order valence-corrected chi connectivity index (χ4v) is 4.08. The Labute approximate surface area is 188 Å². The maximum Gasteiger partial charge on any atom is 0.224 e. The van der Waals surface area contributed by atoms with Gasteiger partial charge in [-0.2, -0.15) is 0 Å². The third-order valence-electron chi connectivity index (χ3n) is 5.54. The van der Waals surface area contributed by atoms with Crippen molar-refractivity contribution in [2.75, 3.05) is 25.0 Å². The van der Waals surface area contributed by atoms with Gasteiger partial charge >= 0.3 is 0 Å². The van der Waals surface area contributed by atoms with Crippen LogP contribution in [-0.4, -0.2) is 36.4 Å². The number of rotatable bonds is 9. The van der Waals surface area contributed by atoms with Crippen molar-refractivity contribution in [2.24, 2.45) is 11.7 Å². The number of primary amides is 1. The molecule has 3 rings (SSSR count). The molecule has 1 aliphatic rings. The minimum absolute atomic E-state index is 0.0439. The zero-order valence-electron chi connectivity index (χ0n) is 17.9. The summed E-state index contributed by atoms with van der Waals surface area (Å²) in [6, 6.07) is 13.3. The second-order valence-electron chi connectivity index (χ2n) is 8.04. The molecule has 2 amide bonds. The zero-order chi connectivity index (χ0) is 22.2. The monoisotopic (exact) mass is 443 g/mol. The van der Waals surface area contributed by atoms with Crippen molar-refractivity contribution in [3.05, 3.63) is 58.6 Å². The van der Waals surface area contributed by atoms with Crippen LogP contribution in [0.2, 0.25) is 5.02 Å². The number of ether oxygens (including phenoxy) is 1. The van der Waals surface area contributed by atoms with Gasteiger partial charge in [0.1, 0.15) is 5.75 Å². The van der Waals surface area contributed by atoms with Gasteiger partial charge in [0.2, 0.25) is 11.8 Å². The van der Waals surface area contributed by atoms with Crippen LogP contribution in [0, 0.1) is 12.8 Å². The van der Waals surface area contributed by atoms with Crippen molar-refractivity contribution in [1.29, 1.82) is 0 Å². The Balaban J connectivity index is 1.48. The Morgan fingerprint density at radius 3 is 2.84 bits per heavy atom. The molecule has 2 aromatic carbocycles. The highest BCUT2D eigenvalue weighted by Crippen LogP contribution is 2.23. The van der Waals surface area contributed by atoms with Crippen LogP contribution in [0.1, 0.15) is 36.8 Å². The van der Waals surface area contributed by atoms with E-state index in [1.807, 2.05) is 43.3 Å². The Kier molecular flexibility index (Phi) is 8.32. The lowest BCUT2D eigenvalue weighted by Crippen LogP contribution is -2.40. The lowest BCUT2D eigenvalue weighted by atomic mass is 9.97. The average molecular weight is 444 g/mol. The third-order valence-corrected chi connectivity index (χ3v) is 5.77. The number of anilines is 1. The number of para-hydroxylation sites is 1. The van der Waals surface area contributed by atoms with Crippen LogP contribution in [0.15, 0.2) is 42.5 Å². The molecule has 7 heteroatoms. The van der Waals surface area contributed by atoms with E-state index in [9.17, 15) is 9.59 Å². The molecule has 3 N–H and O–H groups in total. The second-order valence-corrected chi connectivity index (χ2v) is 8.48. The van der Waals surface area contributed by atoms with Crippen molar-refractivity contribution < 1.29 is 14.3 Å². The molecule has 1 saturated heterocycles. The molecule has 6 nitrogen and oxygen atoms in total. The van der Waals surface area contributed by atoms with Crippen LogP contribution in [0.4, 0.5) is 5.69 Å². The van der Waals surface area contributed by atoms with E-state index in [1.54, 1.807) is 6.07 Å². The first-order valence-corrected chi connectivity index (χ1v) is 11.1. The molecule has 0 saturated carbocycles. The van der Waals surface area contributed by atoms with Gasteiger partial charge in [-0.15, -0.1) is 0 Å². The van der Waals surface area contributed by atoms with Crippen molar-refractivity contribution in [2.45, 2.75) is 39.2 Å². The Morgan fingerprint density at radius 1 is 1.26 bits per heavy atom. The van der Waals surface area contributed by atoms with Crippen LogP contribution in [0.5, 0.6) is 5.75 Å². The number of carbonyl (C=O) groups excluding carboxylic acids is 2. The van der Waals surface area contributed by atoms with Gasteiger partial charge in [-0.1, -0.05) is 29.8 Å². The summed E-state index contributed by atoms with van der Waals surface area (Å²) in [5.41, 5.74) is 8.31. The zero-order valence-corrected chi connectivity index (χ0v) is 18.7. The summed E-state index contributed by atoms with van der Waals surface area (Å²) in [6.07, 6.45) is 2.79. The van der Waals surface area contributed by atoms with Gasteiger partial charge in [-0.3, -0.25) is 14.5 Å². The van der Waals surface area contributed by atoms with Crippen LogP contribution in [-0.2, 0) is 16.1 Å². The molecule has 0 aliphatic carbocycles. The van der Waals surface area contributed by atoms with E-state index in [0.717, 1.165) is 42.0 Å². The first-order valence-electron chi connectivity index (χ1n) is 10.7.